The van der Waals surface area contributed by atoms with Gasteiger partial charge in [0.25, 0.3) is 0 Å². The molecule has 0 fully saturated rings. The van der Waals surface area contributed by atoms with Crippen molar-refractivity contribution >= 4 is 0 Å². The fourth-order valence-corrected chi connectivity index (χ4v) is 2.58. The molecule has 0 radical (unpaired) electrons. The number of rotatable bonds is 2. The first-order chi connectivity index (χ1) is 7.06. The maximum absolute atomic E-state index is 9.08. The van der Waals surface area contributed by atoms with Crippen LogP contribution in [0.5, 0.6) is 0 Å². The van der Waals surface area contributed by atoms with Crippen LogP contribution in [0.25, 0.3) is 0 Å². The molecule has 0 spiro atoms. The van der Waals surface area contributed by atoms with E-state index >= 15 is 0 Å². The van der Waals surface area contributed by atoms with Crippen LogP contribution < -0.4 is 4.57 Å². The average Bonchev–Trinajstić information content (AvgIpc) is 2.42. The summed E-state index contributed by atoms with van der Waals surface area (Å²) in [4.78, 5) is 0. The van der Waals surface area contributed by atoms with Gasteiger partial charge in [-0.25, -0.2) is 9.13 Å². The molecule has 0 bridgehead atoms. The van der Waals surface area contributed by atoms with Crippen LogP contribution >= 0.6 is 0 Å². The number of hydrogen-bond acceptors (Lipinski definition) is 1. The molecule has 0 saturated heterocycles. The van der Waals surface area contributed by atoms with Crippen molar-refractivity contribution in [3.8, 4) is 0 Å². The Hall–Kier alpha value is -0.870. The van der Waals surface area contributed by atoms with E-state index in [1.165, 1.54) is 11.4 Å². The Morgan fingerprint density at radius 2 is 2.33 bits per heavy atom. The highest BCUT2D eigenvalue weighted by Crippen LogP contribution is 2.20. The number of aromatic nitrogens is 2. The van der Waals surface area contributed by atoms with Gasteiger partial charge >= 0.3 is 0 Å². The maximum atomic E-state index is 9.08. The Morgan fingerprint density at radius 1 is 1.60 bits per heavy atom. The second-order valence-corrected chi connectivity index (χ2v) is 4.93. The molecule has 1 atom stereocenters. The summed E-state index contributed by atoms with van der Waals surface area (Å²) >= 11 is 0. The van der Waals surface area contributed by atoms with Crippen molar-refractivity contribution in [2.24, 2.45) is 14.1 Å². The molecule has 1 N–H and O–H groups in total. The molecular weight excluding hydrogens is 190 g/mol. The number of aliphatic hydroxyl groups excluding tert-OH is 1. The van der Waals surface area contributed by atoms with E-state index in [4.69, 9.17) is 5.11 Å². The molecule has 2 heterocycles. The smallest absolute Gasteiger partial charge is 0.243 e. The topological polar surface area (TPSA) is 29.0 Å². The van der Waals surface area contributed by atoms with Crippen LogP contribution in [0.2, 0.25) is 0 Å². The highest BCUT2D eigenvalue weighted by Gasteiger charge is 2.35. The average molecular weight is 211 g/mol. The van der Waals surface area contributed by atoms with Gasteiger partial charge in [-0.15, -0.1) is 0 Å². The van der Waals surface area contributed by atoms with Crippen LogP contribution in [0.3, 0.4) is 0 Å². The molecule has 0 aromatic carbocycles. The van der Waals surface area contributed by atoms with Gasteiger partial charge in [-0.1, -0.05) is 0 Å². The molecule has 0 aliphatic carbocycles. The molecule has 1 aliphatic heterocycles. The van der Waals surface area contributed by atoms with Crippen molar-refractivity contribution < 1.29 is 14.2 Å². The number of likely N-dealkylation sites (N-methyl/N-ethyl adjacent to an activating group) is 1. The zero-order valence-corrected chi connectivity index (χ0v) is 9.90. The van der Waals surface area contributed by atoms with E-state index < -0.39 is 0 Å². The minimum absolute atomic E-state index is 0.280. The molecule has 0 unspecified atom stereocenters. The van der Waals surface area contributed by atoms with E-state index in [-0.39, 0.29) is 6.61 Å². The second-order valence-electron chi connectivity index (χ2n) is 4.93. The molecule has 4 heteroatoms. The molecule has 0 amide bonds. The van der Waals surface area contributed by atoms with Gasteiger partial charge in [0.05, 0.1) is 40.7 Å². The number of quaternary nitrogens is 1. The number of aryl methyl sites for hydroxylation is 2. The third kappa shape index (κ3) is 1.79. The van der Waals surface area contributed by atoms with Crippen molar-refractivity contribution in [1.29, 1.82) is 0 Å². The molecule has 15 heavy (non-hydrogen) atoms. The minimum Gasteiger partial charge on any atom is -0.391 e. The number of aliphatic hydroxyl groups is 1. The van der Waals surface area contributed by atoms with Crippen molar-refractivity contribution in [2.45, 2.75) is 13.0 Å². The quantitative estimate of drug-likeness (QED) is 0.511. The molecule has 4 nitrogen and oxygen atoms in total. The second kappa shape index (κ2) is 3.61. The molecule has 1 aromatic rings. The lowest BCUT2D eigenvalue weighted by Crippen LogP contribution is -2.51. The first-order valence-electron chi connectivity index (χ1n) is 5.53. The summed E-state index contributed by atoms with van der Waals surface area (Å²) in [5.41, 5.74) is 2.87. The Morgan fingerprint density at radius 3 is 3.00 bits per heavy atom. The standard InChI is InChI=1S/C11H21N3O/c1-12-9-13(2)11-8-14(3,6-7-15)5-4-10(11)12/h9,15H,4-8H2,1-3H3/q+2/t14-/m1/s1. The van der Waals surface area contributed by atoms with E-state index in [2.05, 4.69) is 36.6 Å². The predicted octanol–water partition coefficient (Wildman–Crippen LogP) is -0.655. The predicted molar refractivity (Wildman–Crippen MR) is 57.0 cm³/mol. The van der Waals surface area contributed by atoms with Crippen LogP contribution in [0.15, 0.2) is 6.33 Å². The number of nitrogens with zero attached hydrogens (tertiary/aromatic N) is 3. The molecule has 2 rings (SSSR count). The van der Waals surface area contributed by atoms with E-state index in [0.29, 0.717) is 0 Å². The minimum atomic E-state index is 0.280. The van der Waals surface area contributed by atoms with Crippen LogP contribution in [-0.2, 0) is 27.1 Å². The summed E-state index contributed by atoms with van der Waals surface area (Å²) < 4.78 is 5.39. The van der Waals surface area contributed by atoms with Gasteiger partial charge in [0.1, 0.15) is 13.1 Å². The number of fused-ring (bicyclic) bond motifs is 1. The summed E-state index contributed by atoms with van der Waals surface area (Å²) in [6.45, 7) is 3.30. The van der Waals surface area contributed by atoms with Gasteiger partial charge in [0.2, 0.25) is 12.0 Å². The lowest BCUT2D eigenvalue weighted by Gasteiger charge is -2.35. The summed E-state index contributed by atoms with van der Waals surface area (Å²) in [5.74, 6) is 0. The molecular formula is C11H21N3O+2. The Labute approximate surface area is 91.0 Å². The first kappa shape index (κ1) is 10.6. The summed E-state index contributed by atoms with van der Waals surface area (Å²) in [7, 11) is 6.44. The molecule has 0 saturated carbocycles. The Kier molecular flexibility index (Phi) is 2.56. The van der Waals surface area contributed by atoms with Gasteiger partial charge in [-0.05, 0) is 0 Å². The van der Waals surface area contributed by atoms with Gasteiger partial charge in [-0.2, -0.15) is 0 Å². The van der Waals surface area contributed by atoms with Crippen molar-refractivity contribution in [3.05, 3.63) is 17.7 Å². The van der Waals surface area contributed by atoms with Crippen molar-refractivity contribution in [2.75, 3.05) is 26.7 Å². The lowest BCUT2D eigenvalue weighted by atomic mass is 10.1. The third-order valence-electron chi connectivity index (χ3n) is 3.59. The fraction of sp³-hybridized carbons (Fsp3) is 0.727. The Balaban J connectivity index is 2.29. The normalized spacial score (nSPS) is 25.3. The molecule has 1 aliphatic rings. The van der Waals surface area contributed by atoms with Crippen molar-refractivity contribution in [1.82, 2.24) is 4.57 Å². The number of imidazole rings is 1. The maximum Gasteiger partial charge on any atom is 0.243 e. The summed E-state index contributed by atoms with van der Waals surface area (Å²) in [6, 6.07) is 0. The monoisotopic (exact) mass is 211 g/mol. The van der Waals surface area contributed by atoms with Gasteiger partial charge in [-0.3, -0.25) is 0 Å². The van der Waals surface area contributed by atoms with Crippen LogP contribution in [-0.4, -0.2) is 40.9 Å². The van der Waals surface area contributed by atoms with Crippen LogP contribution in [0.4, 0.5) is 0 Å². The highest BCUT2D eigenvalue weighted by molar-refractivity contribution is 5.08. The molecule has 1 aromatic heterocycles. The zero-order valence-electron chi connectivity index (χ0n) is 9.90. The van der Waals surface area contributed by atoms with E-state index in [1.807, 2.05) is 0 Å². The van der Waals surface area contributed by atoms with Gasteiger partial charge in [0, 0.05) is 0 Å². The fourth-order valence-electron chi connectivity index (χ4n) is 2.58. The first-order valence-corrected chi connectivity index (χ1v) is 5.53. The summed E-state index contributed by atoms with van der Waals surface area (Å²) in [6.07, 6.45) is 3.25. The highest BCUT2D eigenvalue weighted by atomic mass is 16.3. The summed E-state index contributed by atoms with van der Waals surface area (Å²) in [5, 5.41) is 9.08. The SMILES string of the molecule is Cn1c[n+](C)c2c1C[N@@+](C)(CCO)CC2. The van der Waals surface area contributed by atoms with Crippen molar-refractivity contribution in [3.63, 3.8) is 0 Å². The Bertz CT molecular complexity index is 372. The van der Waals surface area contributed by atoms with Gasteiger partial charge in [0.15, 0.2) is 5.69 Å². The van der Waals surface area contributed by atoms with Gasteiger partial charge < -0.3 is 9.59 Å². The largest absolute Gasteiger partial charge is 0.391 e. The zero-order chi connectivity index (χ0) is 11.1. The van der Waals surface area contributed by atoms with Crippen LogP contribution in [0.1, 0.15) is 11.4 Å². The van der Waals surface area contributed by atoms with E-state index in [0.717, 1.165) is 30.5 Å². The lowest BCUT2D eigenvalue weighted by molar-refractivity contribution is -0.926. The van der Waals surface area contributed by atoms with E-state index in [9.17, 15) is 0 Å². The van der Waals surface area contributed by atoms with E-state index in [1.54, 1.807) is 0 Å². The third-order valence-corrected chi connectivity index (χ3v) is 3.59. The van der Waals surface area contributed by atoms with Crippen LogP contribution in [0, 0.1) is 0 Å². The number of hydrogen-bond donors (Lipinski definition) is 1. The molecule has 84 valence electrons.